The molecule has 0 aliphatic carbocycles. The highest BCUT2D eigenvalue weighted by molar-refractivity contribution is 7.44. The highest BCUT2D eigenvalue weighted by Gasteiger charge is 2.10. The first kappa shape index (κ1) is 13.4. The summed E-state index contributed by atoms with van der Waals surface area (Å²) < 4.78 is 6.75. The molecule has 8 nitrogen and oxygen atoms in total. The van der Waals surface area contributed by atoms with Gasteiger partial charge in [-0.3, -0.25) is 0 Å². The predicted octanol–water partition coefficient (Wildman–Crippen LogP) is 0.332. The van der Waals surface area contributed by atoms with Gasteiger partial charge in [0.15, 0.2) is 19.2 Å². The number of halogens is 1. The molecule has 2 aromatic heterocycles. The second kappa shape index (κ2) is 5.73. The van der Waals surface area contributed by atoms with E-state index in [2.05, 4.69) is 15.0 Å². The molecule has 0 unspecified atom stereocenters. The van der Waals surface area contributed by atoms with E-state index in [4.69, 9.17) is 31.9 Å². The van der Waals surface area contributed by atoms with Crippen LogP contribution in [0.1, 0.15) is 0 Å². The zero-order valence-corrected chi connectivity index (χ0v) is 10.8. The Balaban J connectivity index is 2.09. The summed E-state index contributed by atoms with van der Waals surface area (Å²) in [6.45, 7) is 0.749. The van der Waals surface area contributed by atoms with Gasteiger partial charge < -0.3 is 24.8 Å². The smallest absolute Gasteiger partial charge is 0.223 e. The molecule has 0 aromatic carbocycles. The maximum Gasteiger partial charge on any atom is 0.223 e. The molecule has 0 spiro atoms. The molecule has 0 bridgehead atoms. The molecule has 4 N–H and O–H groups in total. The van der Waals surface area contributed by atoms with Crippen molar-refractivity contribution in [3.8, 4) is 0 Å². The van der Waals surface area contributed by atoms with Crippen LogP contribution in [0.4, 0.5) is 5.95 Å². The molecule has 0 saturated carbocycles. The second-order valence-electron chi connectivity index (χ2n) is 3.39. The normalized spacial score (nSPS) is 11.6. The summed E-state index contributed by atoms with van der Waals surface area (Å²) in [4.78, 5) is 29.3. The van der Waals surface area contributed by atoms with Crippen molar-refractivity contribution in [1.29, 1.82) is 0 Å². The van der Waals surface area contributed by atoms with Crippen LogP contribution in [0.25, 0.3) is 11.2 Å². The lowest BCUT2D eigenvalue weighted by Gasteiger charge is -2.06. The van der Waals surface area contributed by atoms with Crippen LogP contribution in [0.15, 0.2) is 6.33 Å². The summed E-state index contributed by atoms with van der Waals surface area (Å²) >= 11 is 5.88. The lowest BCUT2D eigenvalue weighted by Crippen LogP contribution is -2.07. The van der Waals surface area contributed by atoms with Gasteiger partial charge in [-0.15, -0.1) is 0 Å². The van der Waals surface area contributed by atoms with E-state index in [1.807, 2.05) is 0 Å². The van der Waals surface area contributed by atoms with Crippen molar-refractivity contribution in [3.63, 3.8) is 0 Å². The van der Waals surface area contributed by atoms with Gasteiger partial charge in [-0.25, -0.2) is 4.98 Å². The molecule has 10 heteroatoms. The Labute approximate surface area is 108 Å². The molecular weight excluding hydrogens is 281 g/mol. The third-order valence-corrected chi connectivity index (χ3v) is 2.80. The highest BCUT2D eigenvalue weighted by Crippen LogP contribution is 2.22. The summed E-state index contributed by atoms with van der Waals surface area (Å²) in [6, 6.07) is 0. The summed E-state index contributed by atoms with van der Waals surface area (Å²) in [6.07, 6.45) is 1.47. The molecular formula is C8H11ClN5O3P. The van der Waals surface area contributed by atoms with Crippen molar-refractivity contribution in [2.24, 2.45) is 0 Å². The molecule has 2 aromatic rings. The number of anilines is 1. The van der Waals surface area contributed by atoms with Gasteiger partial charge in [0.2, 0.25) is 5.95 Å². The van der Waals surface area contributed by atoms with E-state index in [-0.39, 0.29) is 17.4 Å². The average molecular weight is 292 g/mol. The van der Waals surface area contributed by atoms with Crippen LogP contribution in [0.5, 0.6) is 0 Å². The molecule has 0 aliphatic heterocycles. The minimum absolute atomic E-state index is 0.0735. The summed E-state index contributed by atoms with van der Waals surface area (Å²) in [5, 5.41) is 0.200. The van der Waals surface area contributed by atoms with Crippen molar-refractivity contribution >= 4 is 37.1 Å². The highest BCUT2D eigenvalue weighted by atomic mass is 35.5. The van der Waals surface area contributed by atoms with E-state index in [1.165, 1.54) is 0 Å². The van der Waals surface area contributed by atoms with E-state index in [0.717, 1.165) is 0 Å². The molecule has 0 amide bonds. The van der Waals surface area contributed by atoms with Crippen molar-refractivity contribution in [2.45, 2.75) is 6.54 Å². The molecule has 0 saturated heterocycles. The zero-order valence-electron chi connectivity index (χ0n) is 9.19. The minimum atomic E-state index is -2.03. The van der Waals surface area contributed by atoms with Crippen molar-refractivity contribution in [1.82, 2.24) is 19.5 Å². The van der Waals surface area contributed by atoms with Crippen molar-refractivity contribution < 1.29 is 14.5 Å². The number of aromatic nitrogens is 4. The van der Waals surface area contributed by atoms with Crippen molar-refractivity contribution in [3.05, 3.63) is 11.5 Å². The molecule has 0 fully saturated rings. The Morgan fingerprint density at radius 1 is 1.44 bits per heavy atom. The Kier molecular flexibility index (Phi) is 4.26. The summed E-state index contributed by atoms with van der Waals surface area (Å²) in [7, 11) is -2.03. The number of fused-ring (bicyclic) bond motifs is 1. The van der Waals surface area contributed by atoms with Crippen LogP contribution < -0.4 is 5.73 Å². The number of rotatable bonds is 5. The van der Waals surface area contributed by atoms with Gasteiger partial charge in [0.25, 0.3) is 0 Å². The molecule has 0 radical (unpaired) electrons. The predicted molar refractivity (Wildman–Crippen MR) is 66.9 cm³/mol. The maximum atomic E-state index is 8.68. The van der Waals surface area contributed by atoms with Crippen LogP contribution in [0, 0.1) is 0 Å². The lowest BCUT2D eigenvalue weighted by atomic mass is 10.5. The third-order valence-electron chi connectivity index (χ3n) is 2.12. The fourth-order valence-electron chi connectivity index (χ4n) is 1.40. The van der Waals surface area contributed by atoms with Gasteiger partial charge in [-0.2, -0.15) is 9.97 Å². The molecule has 18 heavy (non-hydrogen) atoms. The number of nitrogen functional groups attached to an aromatic ring is 1. The molecule has 2 rings (SSSR count). The third kappa shape index (κ3) is 3.04. The van der Waals surface area contributed by atoms with E-state index >= 15 is 0 Å². The van der Waals surface area contributed by atoms with Crippen LogP contribution >= 0.6 is 20.0 Å². The fraction of sp³-hybridized carbons (Fsp3) is 0.375. The van der Waals surface area contributed by atoms with Gasteiger partial charge in [0.05, 0.1) is 12.9 Å². The van der Waals surface area contributed by atoms with Gasteiger partial charge in [-0.1, -0.05) is 11.6 Å². The first-order valence-corrected chi connectivity index (χ1v) is 6.76. The SMILES string of the molecule is Nc1nc(Cl)c2ncn(CCOCP(O)O)c2n1. The van der Waals surface area contributed by atoms with Gasteiger partial charge in [-0.05, 0) is 0 Å². The van der Waals surface area contributed by atoms with Gasteiger partial charge >= 0.3 is 0 Å². The topological polar surface area (TPSA) is 119 Å². The quantitative estimate of drug-likeness (QED) is 0.412. The average Bonchev–Trinajstić information content (AvgIpc) is 2.67. The first-order chi connectivity index (χ1) is 8.58. The minimum Gasteiger partial charge on any atom is -0.370 e. The molecule has 98 valence electrons. The van der Waals surface area contributed by atoms with E-state index < -0.39 is 8.38 Å². The number of nitrogens with zero attached hydrogens (tertiary/aromatic N) is 4. The Hall–Kier alpha value is -1.05. The van der Waals surface area contributed by atoms with Gasteiger partial charge in [0.1, 0.15) is 11.9 Å². The summed E-state index contributed by atoms with van der Waals surface area (Å²) in [5.41, 5.74) is 6.49. The molecule has 2 heterocycles. The second-order valence-corrected chi connectivity index (χ2v) is 4.75. The Morgan fingerprint density at radius 3 is 2.94 bits per heavy atom. The summed E-state index contributed by atoms with van der Waals surface area (Å²) in [5.74, 6) is 0.0735. The number of imidazole rings is 1. The van der Waals surface area contributed by atoms with Crippen LogP contribution in [-0.4, -0.2) is 42.3 Å². The number of nitrogens with two attached hydrogens (primary N) is 1. The van der Waals surface area contributed by atoms with Gasteiger partial charge in [0, 0.05) is 6.54 Å². The Morgan fingerprint density at radius 2 is 2.22 bits per heavy atom. The molecule has 0 atom stereocenters. The van der Waals surface area contributed by atoms with Crippen molar-refractivity contribution in [2.75, 3.05) is 18.7 Å². The standard InChI is InChI=1S/C8H11ClN5O3P/c9-6-5-7(13-8(10)12-6)14(3-11-5)1-2-17-4-18(15)16/h3,15-16H,1-2,4H2,(H2,10,12,13). The van der Waals surface area contributed by atoms with E-state index in [1.54, 1.807) is 10.9 Å². The zero-order chi connectivity index (χ0) is 13.1. The maximum absolute atomic E-state index is 8.68. The lowest BCUT2D eigenvalue weighted by molar-refractivity contribution is 0.159. The van der Waals surface area contributed by atoms with E-state index in [0.29, 0.717) is 24.3 Å². The number of hydrogen-bond donors (Lipinski definition) is 3. The number of ether oxygens (including phenoxy) is 1. The number of hydrogen-bond acceptors (Lipinski definition) is 7. The Bertz CT molecular complexity index is 549. The first-order valence-electron chi connectivity index (χ1n) is 4.95. The van der Waals surface area contributed by atoms with Crippen LogP contribution in [0.2, 0.25) is 5.15 Å². The largest absolute Gasteiger partial charge is 0.370 e. The molecule has 0 aliphatic rings. The van der Waals surface area contributed by atoms with Crippen LogP contribution in [0.3, 0.4) is 0 Å². The van der Waals surface area contributed by atoms with Crippen LogP contribution in [-0.2, 0) is 11.3 Å². The fourth-order valence-corrected chi connectivity index (χ4v) is 1.91. The monoisotopic (exact) mass is 291 g/mol. The van der Waals surface area contributed by atoms with E-state index in [9.17, 15) is 0 Å².